The lowest BCUT2D eigenvalue weighted by Gasteiger charge is -2.33. The van der Waals surface area contributed by atoms with Gasteiger partial charge in [-0.25, -0.2) is 12.7 Å². The van der Waals surface area contributed by atoms with Crippen LogP contribution in [-0.4, -0.2) is 44.7 Å². The van der Waals surface area contributed by atoms with Crippen LogP contribution >= 0.6 is 0 Å². The largest absolute Gasteiger partial charge is 0.335 e. The molecule has 0 spiro atoms. The van der Waals surface area contributed by atoms with Crippen molar-refractivity contribution in [3.05, 3.63) is 65.2 Å². The van der Waals surface area contributed by atoms with Gasteiger partial charge in [0.1, 0.15) is 0 Å². The molecular formula is C20H24N2O3S. The van der Waals surface area contributed by atoms with Gasteiger partial charge in [-0.05, 0) is 54.7 Å². The zero-order chi connectivity index (χ0) is 18.9. The fourth-order valence-corrected chi connectivity index (χ4v) is 4.36. The van der Waals surface area contributed by atoms with Crippen molar-refractivity contribution in [2.24, 2.45) is 0 Å². The highest BCUT2D eigenvalue weighted by Crippen LogP contribution is 2.34. The molecule has 1 aliphatic rings. The minimum absolute atomic E-state index is 0.0534. The molecule has 0 aromatic heterocycles. The summed E-state index contributed by atoms with van der Waals surface area (Å²) >= 11 is 0. The second kappa shape index (κ2) is 7.21. The van der Waals surface area contributed by atoms with E-state index in [1.54, 1.807) is 17.0 Å². The van der Waals surface area contributed by atoms with Gasteiger partial charge in [-0.1, -0.05) is 24.3 Å². The van der Waals surface area contributed by atoms with Crippen LogP contribution in [0, 0.1) is 0 Å². The van der Waals surface area contributed by atoms with Crippen molar-refractivity contribution in [3.8, 4) is 0 Å². The smallest absolute Gasteiger partial charge is 0.254 e. The molecule has 6 heteroatoms. The Balaban J connectivity index is 1.84. The normalized spacial score (nSPS) is 17.0. The van der Waals surface area contributed by atoms with Gasteiger partial charge in [0.05, 0.1) is 10.9 Å². The third-order valence-corrected chi connectivity index (χ3v) is 6.83. The van der Waals surface area contributed by atoms with Crippen LogP contribution in [0.15, 0.2) is 53.4 Å². The van der Waals surface area contributed by atoms with E-state index in [1.807, 2.05) is 19.2 Å². The van der Waals surface area contributed by atoms with E-state index in [9.17, 15) is 13.2 Å². The Kier molecular flexibility index (Phi) is 5.16. The molecule has 2 aromatic carbocycles. The van der Waals surface area contributed by atoms with Gasteiger partial charge in [0.15, 0.2) is 0 Å². The highest BCUT2D eigenvalue weighted by atomic mass is 32.2. The number of rotatable bonds is 4. The maximum Gasteiger partial charge on any atom is 0.254 e. The van der Waals surface area contributed by atoms with Crippen LogP contribution in [-0.2, 0) is 16.4 Å². The first kappa shape index (κ1) is 18.6. The minimum atomic E-state index is -3.49. The van der Waals surface area contributed by atoms with E-state index in [0.29, 0.717) is 5.56 Å². The van der Waals surface area contributed by atoms with Crippen molar-refractivity contribution in [3.63, 3.8) is 0 Å². The molecule has 2 aromatic rings. The summed E-state index contributed by atoms with van der Waals surface area (Å²) in [5, 5.41) is 0. The third-order valence-electron chi connectivity index (χ3n) is 5.01. The predicted octanol–water partition coefficient (Wildman–Crippen LogP) is 3.09. The zero-order valence-corrected chi connectivity index (χ0v) is 16.2. The Bertz CT molecular complexity index is 905. The van der Waals surface area contributed by atoms with Crippen molar-refractivity contribution >= 4 is 15.9 Å². The van der Waals surface area contributed by atoms with Crippen LogP contribution in [0.1, 0.15) is 40.4 Å². The fourth-order valence-electron chi connectivity index (χ4n) is 3.46. The molecule has 0 bridgehead atoms. The Hall–Kier alpha value is -2.18. The predicted molar refractivity (Wildman–Crippen MR) is 102 cm³/mol. The van der Waals surface area contributed by atoms with E-state index in [1.165, 1.54) is 37.4 Å². The number of amides is 1. The van der Waals surface area contributed by atoms with Crippen molar-refractivity contribution in [1.29, 1.82) is 0 Å². The molecule has 1 atom stereocenters. The summed E-state index contributed by atoms with van der Waals surface area (Å²) in [7, 11) is 1.30. The number of carbonyl (C=O) groups excluding carboxylic acids is 1. The summed E-state index contributed by atoms with van der Waals surface area (Å²) in [5.41, 5.74) is 3.01. The molecule has 0 saturated carbocycles. The molecule has 1 unspecified atom stereocenters. The van der Waals surface area contributed by atoms with Crippen molar-refractivity contribution in [1.82, 2.24) is 9.21 Å². The summed E-state index contributed by atoms with van der Waals surface area (Å²) in [6.45, 7) is 0. The molecule has 0 aliphatic heterocycles. The summed E-state index contributed by atoms with van der Waals surface area (Å²) in [6.07, 6.45) is 3.04. The number of sulfonamides is 1. The highest BCUT2D eigenvalue weighted by molar-refractivity contribution is 7.89. The molecule has 0 radical (unpaired) electrons. The maximum absolute atomic E-state index is 12.9. The Morgan fingerprint density at radius 2 is 1.65 bits per heavy atom. The average molecular weight is 372 g/mol. The molecule has 1 aliphatic carbocycles. The average Bonchev–Trinajstić information content (AvgIpc) is 2.66. The molecule has 0 saturated heterocycles. The van der Waals surface area contributed by atoms with Crippen LogP contribution in [0.4, 0.5) is 0 Å². The van der Waals surface area contributed by atoms with Crippen LogP contribution in [0.25, 0.3) is 0 Å². The summed E-state index contributed by atoms with van der Waals surface area (Å²) in [6, 6.07) is 14.5. The number of hydrogen-bond donors (Lipinski definition) is 0. The monoisotopic (exact) mass is 372 g/mol. The second-order valence-corrected chi connectivity index (χ2v) is 8.99. The number of carbonyl (C=O) groups is 1. The van der Waals surface area contributed by atoms with Crippen molar-refractivity contribution < 1.29 is 13.2 Å². The Morgan fingerprint density at radius 3 is 2.31 bits per heavy atom. The van der Waals surface area contributed by atoms with Crippen LogP contribution in [0.5, 0.6) is 0 Å². The maximum atomic E-state index is 12.9. The number of hydrogen-bond acceptors (Lipinski definition) is 3. The number of nitrogens with zero attached hydrogens (tertiary/aromatic N) is 2. The third kappa shape index (κ3) is 3.39. The standard InChI is InChI=1S/C20H24N2O3S/c1-21(2)26(24,25)17-13-11-16(12-14-17)20(23)22(3)19-10-6-8-15-7-4-5-9-18(15)19/h4-5,7,9,11-14,19H,6,8,10H2,1-3H3. The van der Waals surface area contributed by atoms with Gasteiger partial charge >= 0.3 is 0 Å². The molecular weight excluding hydrogens is 348 g/mol. The first-order valence-electron chi connectivity index (χ1n) is 8.70. The molecule has 138 valence electrons. The van der Waals surface area contributed by atoms with Gasteiger partial charge in [-0.2, -0.15) is 0 Å². The lowest BCUT2D eigenvalue weighted by Crippen LogP contribution is -2.33. The molecule has 0 heterocycles. The first-order valence-corrected chi connectivity index (χ1v) is 10.1. The highest BCUT2D eigenvalue weighted by Gasteiger charge is 2.27. The van der Waals surface area contributed by atoms with Gasteiger partial charge in [-0.15, -0.1) is 0 Å². The molecule has 26 heavy (non-hydrogen) atoms. The second-order valence-electron chi connectivity index (χ2n) is 6.83. The van der Waals surface area contributed by atoms with Gasteiger partial charge < -0.3 is 4.90 Å². The topological polar surface area (TPSA) is 57.7 Å². The number of benzene rings is 2. The van der Waals surface area contributed by atoms with Gasteiger partial charge in [0.25, 0.3) is 5.91 Å². The van der Waals surface area contributed by atoms with Crippen LogP contribution in [0.2, 0.25) is 0 Å². The van der Waals surface area contributed by atoms with E-state index < -0.39 is 10.0 Å². The molecule has 0 fully saturated rings. The molecule has 3 rings (SSSR count). The van der Waals surface area contributed by atoms with Crippen LogP contribution < -0.4 is 0 Å². The summed E-state index contributed by atoms with van der Waals surface area (Å²) < 4.78 is 25.5. The number of aryl methyl sites for hydroxylation is 1. The van der Waals surface area contributed by atoms with Gasteiger partial charge in [0.2, 0.25) is 10.0 Å². The number of fused-ring (bicyclic) bond motifs is 1. The van der Waals surface area contributed by atoms with Gasteiger partial charge in [0, 0.05) is 26.7 Å². The van der Waals surface area contributed by atoms with Gasteiger partial charge in [-0.3, -0.25) is 4.79 Å². The Labute approximate surface area is 155 Å². The molecule has 0 N–H and O–H groups in total. The SMILES string of the molecule is CN(C(=O)c1ccc(S(=O)(=O)N(C)C)cc1)C1CCCc2ccccc21. The van der Waals surface area contributed by atoms with E-state index in [0.717, 1.165) is 23.6 Å². The van der Waals surface area contributed by atoms with E-state index in [2.05, 4.69) is 12.1 Å². The minimum Gasteiger partial charge on any atom is -0.335 e. The lowest BCUT2D eigenvalue weighted by atomic mass is 9.87. The van der Waals surface area contributed by atoms with E-state index in [-0.39, 0.29) is 16.8 Å². The van der Waals surface area contributed by atoms with Crippen LogP contribution in [0.3, 0.4) is 0 Å². The van der Waals surface area contributed by atoms with E-state index in [4.69, 9.17) is 0 Å². The Morgan fingerprint density at radius 1 is 1.00 bits per heavy atom. The zero-order valence-electron chi connectivity index (χ0n) is 15.3. The van der Waals surface area contributed by atoms with Crippen molar-refractivity contribution in [2.75, 3.05) is 21.1 Å². The first-order chi connectivity index (χ1) is 12.3. The summed E-state index contributed by atoms with van der Waals surface area (Å²) in [4.78, 5) is 14.9. The molecule has 5 nitrogen and oxygen atoms in total. The summed E-state index contributed by atoms with van der Waals surface area (Å²) in [5.74, 6) is -0.0968. The molecule has 1 amide bonds. The van der Waals surface area contributed by atoms with Crippen molar-refractivity contribution in [2.45, 2.75) is 30.2 Å². The lowest BCUT2D eigenvalue weighted by molar-refractivity contribution is 0.0715. The van der Waals surface area contributed by atoms with E-state index >= 15 is 0 Å². The quantitative estimate of drug-likeness (QED) is 0.829. The fraction of sp³-hybridized carbons (Fsp3) is 0.350.